The number of aromatic nitrogens is 8. The minimum Gasteiger partial charge on any atom is -0.212 e. The van der Waals surface area contributed by atoms with E-state index in [4.69, 9.17) is 0 Å². The van der Waals surface area contributed by atoms with Crippen molar-refractivity contribution in [3.8, 4) is 0 Å². The van der Waals surface area contributed by atoms with E-state index in [1.165, 1.54) is 0 Å². The van der Waals surface area contributed by atoms with Crippen LogP contribution in [-0.4, -0.2) is 49.3 Å². The van der Waals surface area contributed by atoms with E-state index >= 15 is 0 Å². The number of sulfone groups is 1. The summed E-state index contributed by atoms with van der Waals surface area (Å²) in [6.45, 7) is 0. The second kappa shape index (κ2) is 2.97. The first-order chi connectivity index (χ1) is 7.03. The van der Waals surface area contributed by atoms with Crippen molar-refractivity contribution in [2.24, 2.45) is 0 Å². The maximum Gasteiger partial charge on any atom is 0.308 e. The van der Waals surface area contributed by atoms with Crippen LogP contribution in [0.25, 0.3) is 0 Å². The summed E-state index contributed by atoms with van der Waals surface area (Å²) in [5.74, 6) is 0. The second-order valence-electron chi connectivity index (χ2n) is 2.15. The number of rotatable bonds is 2. The summed E-state index contributed by atoms with van der Waals surface area (Å²) in [6, 6.07) is 0. The van der Waals surface area contributed by atoms with Crippen LogP contribution in [0.4, 0.5) is 8.96 Å². The average Bonchev–Trinajstić information content (AvgIpc) is 2.73. The minimum atomic E-state index is -4.61. The van der Waals surface area contributed by atoms with Crippen molar-refractivity contribution in [2.45, 2.75) is 10.3 Å². The molecule has 0 bridgehead atoms. The molecule has 0 amide bonds. The molecular weight excluding hydrogens is 238 g/mol. The molecule has 0 aliphatic heterocycles. The minimum absolute atomic E-state index is 0.635. The average molecular weight is 238 g/mol. The molecule has 13 heteroatoms. The molecule has 0 aliphatic carbocycles. The van der Waals surface area contributed by atoms with Gasteiger partial charge in [0.2, 0.25) is 0 Å². The van der Waals surface area contributed by atoms with E-state index in [9.17, 15) is 17.4 Å². The van der Waals surface area contributed by atoms with E-state index in [0.717, 1.165) is 0 Å². The summed E-state index contributed by atoms with van der Waals surface area (Å²) in [6.07, 6.45) is 0. The normalized spacial score (nSPS) is 11.9. The predicted molar refractivity (Wildman–Crippen MR) is 34.1 cm³/mol. The Balaban J connectivity index is 2.64. The lowest BCUT2D eigenvalue weighted by Crippen LogP contribution is -2.12. The van der Waals surface area contributed by atoms with Crippen LogP contribution in [0.15, 0.2) is 10.3 Å². The first kappa shape index (κ1) is 9.50. The summed E-state index contributed by atoms with van der Waals surface area (Å²) in [5.41, 5.74) is 0. The SMILES string of the molecule is O=S(=O)(c1nnnn1F)c1nnnn1F. The molecule has 2 aromatic rings. The van der Waals surface area contributed by atoms with Gasteiger partial charge < -0.3 is 0 Å². The van der Waals surface area contributed by atoms with Gasteiger partial charge in [0.1, 0.15) is 0 Å². The third-order valence-electron chi connectivity index (χ3n) is 1.29. The van der Waals surface area contributed by atoms with Crippen LogP contribution >= 0.6 is 0 Å². The molecule has 0 unspecified atom stereocenters. The predicted octanol–water partition coefficient (Wildman–Crippen LogP) is -2.04. The lowest BCUT2D eigenvalue weighted by molar-refractivity contribution is 0.260. The standard InChI is InChI=1S/C2F2N8O2S/c3-11-1(5-7-9-11)15(13,14)2-6-8-10-12(2)4. The molecule has 10 nitrogen and oxygen atoms in total. The van der Waals surface area contributed by atoms with Gasteiger partial charge in [-0.2, -0.15) is 0 Å². The smallest absolute Gasteiger partial charge is 0.212 e. The number of hydrogen-bond donors (Lipinski definition) is 0. The second-order valence-corrected chi connectivity index (χ2v) is 3.88. The highest BCUT2D eigenvalue weighted by Gasteiger charge is 2.32. The molecule has 0 aromatic carbocycles. The highest BCUT2D eigenvalue weighted by atomic mass is 32.2. The van der Waals surface area contributed by atoms with Crippen LogP contribution in [-0.2, 0) is 9.84 Å². The molecule has 15 heavy (non-hydrogen) atoms. The molecule has 0 aliphatic rings. The molecule has 2 rings (SSSR count). The fourth-order valence-corrected chi connectivity index (χ4v) is 1.65. The highest BCUT2D eigenvalue weighted by molar-refractivity contribution is 7.91. The topological polar surface area (TPSA) is 121 Å². The molecule has 80 valence electrons. The molecule has 0 radical (unpaired) electrons. The van der Waals surface area contributed by atoms with Crippen LogP contribution in [0.5, 0.6) is 0 Å². The largest absolute Gasteiger partial charge is 0.308 e. The van der Waals surface area contributed by atoms with Crippen molar-refractivity contribution < 1.29 is 17.4 Å². The van der Waals surface area contributed by atoms with Crippen molar-refractivity contribution >= 4 is 9.84 Å². The molecule has 0 saturated carbocycles. The van der Waals surface area contributed by atoms with Crippen LogP contribution in [0.2, 0.25) is 0 Å². The van der Waals surface area contributed by atoms with Crippen LogP contribution in [0.1, 0.15) is 0 Å². The van der Waals surface area contributed by atoms with Crippen molar-refractivity contribution in [3.63, 3.8) is 0 Å². The lowest BCUT2D eigenvalue weighted by atomic mass is 11.4. The third kappa shape index (κ3) is 1.32. The Hall–Kier alpha value is -2.05. The van der Waals surface area contributed by atoms with Crippen molar-refractivity contribution in [3.05, 3.63) is 0 Å². The number of halogens is 2. The van der Waals surface area contributed by atoms with E-state index in [0.29, 0.717) is 0 Å². The van der Waals surface area contributed by atoms with E-state index in [-0.39, 0.29) is 0 Å². The maximum atomic E-state index is 12.7. The summed E-state index contributed by atoms with van der Waals surface area (Å²) in [4.78, 5) is -1.27. The molecule has 0 N–H and O–H groups in total. The first-order valence-corrected chi connectivity index (χ1v) is 4.66. The molecular formula is C2F2N8O2S. The van der Waals surface area contributed by atoms with E-state index in [2.05, 4.69) is 31.1 Å². The van der Waals surface area contributed by atoms with Gasteiger partial charge in [-0.15, -0.1) is 0 Å². The molecule has 0 atom stereocenters. The van der Waals surface area contributed by atoms with Gasteiger partial charge in [-0.05, 0) is 30.7 Å². The highest BCUT2D eigenvalue weighted by Crippen LogP contribution is 2.14. The monoisotopic (exact) mass is 238 g/mol. The van der Waals surface area contributed by atoms with Crippen molar-refractivity contribution in [2.75, 3.05) is 0 Å². The summed E-state index contributed by atoms with van der Waals surface area (Å²) in [7, 11) is -4.61. The third-order valence-corrected chi connectivity index (χ3v) is 2.72. The van der Waals surface area contributed by atoms with Gasteiger partial charge in [0.05, 0.1) is 0 Å². The molecule has 2 heterocycles. The maximum absolute atomic E-state index is 12.7. The zero-order chi connectivity index (χ0) is 11.1. The Morgan fingerprint density at radius 1 is 0.933 bits per heavy atom. The number of hydrogen-bond acceptors (Lipinski definition) is 8. The fraction of sp³-hybridized carbons (Fsp3) is 0. The van der Waals surface area contributed by atoms with Crippen LogP contribution < -0.4 is 0 Å². The quantitative estimate of drug-likeness (QED) is 0.586. The molecule has 0 fully saturated rings. The Morgan fingerprint density at radius 3 is 1.60 bits per heavy atom. The van der Waals surface area contributed by atoms with Crippen LogP contribution in [0, 0.1) is 0 Å². The fourth-order valence-electron chi connectivity index (χ4n) is 0.725. The lowest BCUT2D eigenvalue weighted by Gasteiger charge is -1.94. The summed E-state index contributed by atoms with van der Waals surface area (Å²) < 4.78 is 48.1. The van der Waals surface area contributed by atoms with Gasteiger partial charge in [-0.3, -0.25) is 0 Å². The van der Waals surface area contributed by atoms with Crippen molar-refractivity contribution in [1.82, 2.24) is 40.9 Å². The number of nitrogens with zero attached hydrogens (tertiary/aromatic N) is 8. The number of tetrazole rings is 2. The first-order valence-electron chi connectivity index (χ1n) is 3.17. The van der Waals surface area contributed by atoms with Gasteiger partial charge in [0, 0.05) is 0 Å². The Bertz CT molecular complexity index is 539. The molecule has 2 aromatic heterocycles. The van der Waals surface area contributed by atoms with E-state index in [1.807, 2.05) is 0 Å². The van der Waals surface area contributed by atoms with E-state index < -0.39 is 30.0 Å². The Morgan fingerprint density at radius 2 is 1.33 bits per heavy atom. The van der Waals surface area contributed by atoms with Crippen molar-refractivity contribution in [1.29, 1.82) is 0 Å². The molecule has 0 spiro atoms. The van der Waals surface area contributed by atoms with E-state index in [1.54, 1.807) is 0 Å². The van der Waals surface area contributed by atoms with Gasteiger partial charge in [-0.25, -0.2) is 8.42 Å². The Labute approximate surface area is 79.3 Å². The van der Waals surface area contributed by atoms with Gasteiger partial charge >= 0.3 is 10.3 Å². The van der Waals surface area contributed by atoms with Crippen LogP contribution in [0.3, 0.4) is 0 Å². The van der Waals surface area contributed by atoms with Gasteiger partial charge in [0.25, 0.3) is 9.84 Å². The summed E-state index contributed by atoms with van der Waals surface area (Å²) in [5, 5.41) is 14.0. The zero-order valence-electron chi connectivity index (χ0n) is 6.56. The summed E-state index contributed by atoms with van der Waals surface area (Å²) >= 11 is 0. The molecule has 0 saturated heterocycles. The van der Waals surface area contributed by atoms with Gasteiger partial charge in [-0.1, -0.05) is 19.2 Å². The van der Waals surface area contributed by atoms with Gasteiger partial charge in [0.15, 0.2) is 0 Å². The zero-order valence-corrected chi connectivity index (χ0v) is 7.37. The Kier molecular flexibility index (Phi) is 1.88.